The lowest BCUT2D eigenvalue weighted by Gasteiger charge is -2.20. The number of hydrogen-bond acceptors (Lipinski definition) is 4. The van der Waals surface area contributed by atoms with Crippen LogP contribution in [0.2, 0.25) is 0 Å². The minimum absolute atomic E-state index is 0.377. The molecule has 4 nitrogen and oxygen atoms in total. The SMILES string of the molecule is COc1cc(-c2ccc(C(C)N(C)C)cc2)c(N)nc1C. The Hall–Kier alpha value is -2.07. The molecule has 1 aromatic heterocycles. The van der Waals surface area contributed by atoms with E-state index >= 15 is 0 Å². The van der Waals surface area contributed by atoms with E-state index < -0.39 is 0 Å². The molecule has 0 amide bonds. The van der Waals surface area contributed by atoms with Gasteiger partial charge in [-0.15, -0.1) is 0 Å². The van der Waals surface area contributed by atoms with E-state index in [1.54, 1.807) is 7.11 Å². The van der Waals surface area contributed by atoms with Crippen molar-refractivity contribution in [1.29, 1.82) is 0 Å². The molecule has 2 aromatic rings. The van der Waals surface area contributed by atoms with Gasteiger partial charge in [0, 0.05) is 11.6 Å². The Balaban J connectivity index is 2.39. The summed E-state index contributed by atoms with van der Waals surface area (Å²) in [5, 5.41) is 0. The zero-order valence-corrected chi connectivity index (χ0v) is 13.3. The van der Waals surface area contributed by atoms with Crippen LogP contribution in [0.1, 0.15) is 24.2 Å². The highest BCUT2D eigenvalue weighted by molar-refractivity contribution is 5.75. The van der Waals surface area contributed by atoms with Crippen molar-refractivity contribution in [3.05, 3.63) is 41.6 Å². The summed E-state index contributed by atoms with van der Waals surface area (Å²) >= 11 is 0. The molecule has 1 unspecified atom stereocenters. The monoisotopic (exact) mass is 285 g/mol. The molecule has 1 heterocycles. The van der Waals surface area contributed by atoms with Gasteiger partial charge in [-0.1, -0.05) is 24.3 Å². The first-order valence-corrected chi connectivity index (χ1v) is 7.02. The first kappa shape index (κ1) is 15.3. The summed E-state index contributed by atoms with van der Waals surface area (Å²) in [6, 6.07) is 10.7. The molecule has 2 rings (SSSR count). The van der Waals surface area contributed by atoms with Gasteiger partial charge >= 0.3 is 0 Å². The summed E-state index contributed by atoms with van der Waals surface area (Å²) < 4.78 is 5.33. The van der Waals surface area contributed by atoms with Gasteiger partial charge in [-0.3, -0.25) is 0 Å². The van der Waals surface area contributed by atoms with Gasteiger partial charge in [-0.05, 0) is 45.1 Å². The Kier molecular flexibility index (Phi) is 4.48. The summed E-state index contributed by atoms with van der Waals surface area (Å²) in [4.78, 5) is 6.53. The highest BCUT2D eigenvalue weighted by atomic mass is 16.5. The maximum Gasteiger partial charge on any atom is 0.140 e. The highest BCUT2D eigenvalue weighted by Crippen LogP contribution is 2.31. The lowest BCUT2D eigenvalue weighted by molar-refractivity contribution is 0.321. The number of pyridine rings is 1. The van der Waals surface area contributed by atoms with Gasteiger partial charge in [0.15, 0.2) is 0 Å². The van der Waals surface area contributed by atoms with Crippen LogP contribution in [0.4, 0.5) is 5.82 Å². The van der Waals surface area contributed by atoms with Gasteiger partial charge in [0.1, 0.15) is 11.6 Å². The Labute approximate surface area is 126 Å². The molecule has 2 N–H and O–H groups in total. The summed E-state index contributed by atoms with van der Waals surface area (Å²) in [6.45, 7) is 4.07. The summed E-state index contributed by atoms with van der Waals surface area (Å²) in [5.41, 5.74) is 10.1. The number of nitrogen functional groups attached to an aromatic ring is 1. The number of hydrogen-bond donors (Lipinski definition) is 1. The molecule has 0 saturated heterocycles. The summed E-state index contributed by atoms with van der Waals surface area (Å²) in [6.07, 6.45) is 0. The average molecular weight is 285 g/mol. The summed E-state index contributed by atoms with van der Waals surface area (Å²) in [7, 11) is 5.79. The van der Waals surface area contributed by atoms with Crippen LogP contribution in [0.15, 0.2) is 30.3 Å². The van der Waals surface area contributed by atoms with Gasteiger partial charge < -0.3 is 15.4 Å². The van der Waals surface area contributed by atoms with Crippen molar-refractivity contribution in [2.75, 3.05) is 26.9 Å². The van der Waals surface area contributed by atoms with Crippen LogP contribution in [0.5, 0.6) is 5.75 Å². The van der Waals surface area contributed by atoms with E-state index in [-0.39, 0.29) is 0 Å². The molecule has 0 saturated carbocycles. The maximum atomic E-state index is 6.05. The smallest absolute Gasteiger partial charge is 0.140 e. The fourth-order valence-corrected chi connectivity index (χ4v) is 2.28. The van der Waals surface area contributed by atoms with Crippen LogP contribution < -0.4 is 10.5 Å². The standard InChI is InChI=1S/C17H23N3O/c1-11-16(21-5)10-15(17(18)19-11)14-8-6-13(7-9-14)12(2)20(3)4/h6-10,12H,1-5H3,(H2,18,19). The number of ether oxygens (including phenoxy) is 1. The van der Waals surface area contributed by atoms with Gasteiger partial charge in [0.05, 0.1) is 12.8 Å². The highest BCUT2D eigenvalue weighted by Gasteiger charge is 2.11. The third-order valence-electron chi connectivity index (χ3n) is 3.89. The molecule has 4 heteroatoms. The molecule has 1 atom stereocenters. The Morgan fingerprint density at radius 2 is 1.81 bits per heavy atom. The van der Waals surface area contributed by atoms with E-state index in [2.05, 4.69) is 55.2 Å². The lowest BCUT2D eigenvalue weighted by Crippen LogP contribution is -2.16. The predicted molar refractivity (Wildman–Crippen MR) is 87.5 cm³/mol. The van der Waals surface area contributed by atoms with Crippen molar-refractivity contribution < 1.29 is 4.74 Å². The average Bonchev–Trinajstić information content (AvgIpc) is 2.47. The number of anilines is 1. The van der Waals surface area contributed by atoms with Gasteiger partial charge in [-0.2, -0.15) is 0 Å². The molecule has 0 radical (unpaired) electrons. The van der Waals surface area contributed by atoms with Crippen LogP contribution in [-0.4, -0.2) is 31.1 Å². The fraction of sp³-hybridized carbons (Fsp3) is 0.353. The van der Waals surface area contributed by atoms with Crippen LogP contribution in [0.3, 0.4) is 0 Å². The van der Waals surface area contributed by atoms with E-state index in [0.717, 1.165) is 22.6 Å². The van der Waals surface area contributed by atoms with Crippen molar-refractivity contribution >= 4 is 5.82 Å². The van der Waals surface area contributed by atoms with Crippen molar-refractivity contribution in [3.63, 3.8) is 0 Å². The Morgan fingerprint density at radius 3 is 2.33 bits per heavy atom. The number of nitrogens with zero attached hydrogens (tertiary/aromatic N) is 2. The second-order valence-electron chi connectivity index (χ2n) is 5.47. The van der Waals surface area contributed by atoms with Gasteiger partial charge in [0.25, 0.3) is 0 Å². The van der Waals surface area contributed by atoms with Crippen molar-refractivity contribution in [3.8, 4) is 16.9 Å². The second-order valence-corrected chi connectivity index (χ2v) is 5.47. The van der Waals surface area contributed by atoms with E-state index in [9.17, 15) is 0 Å². The minimum atomic E-state index is 0.377. The molecule has 0 aliphatic carbocycles. The third kappa shape index (κ3) is 3.16. The van der Waals surface area contributed by atoms with Gasteiger partial charge in [-0.25, -0.2) is 4.98 Å². The molecular formula is C17H23N3O. The van der Waals surface area contributed by atoms with Crippen molar-refractivity contribution in [2.45, 2.75) is 19.9 Å². The number of methoxy groups -OCH3 is 1. The normalized spacial score (nSPS) is 12.5. The Morgan fingerprint density at radius 1 is 1.19 bits per heavy atom. The quantitative estimate of drug-likeness (QED) is 0.936. The number of nitrogens with two attached hydrogens (primary N) is 1. The predicted octanol–water partition coefficient (Wildman–Crippen LogP) is 3.27. The number of aryl methyl sites for hydroxylation is 1. The molecule has 112 valence electrons. The maximum absolute atomic E-state index is 6.05. The van der Waals surface area contributed by atoms with E-state index in [1.165, 1.54) is 5.56 Å². The lowest BCUT2D eigenvalue weighted by atomic mass is 10.0. The van der Waals surface area contributed by atoms with Crippen molar-refractivity contribution in [2.24, 2.45) is 0 Å². The van der Waals surface area contributed by atoms with Gasteiger partial charge in [0.2, 0.25) is 0 Å². The molecule has 21 heavy (non-hydrogen) atoms. The van der Waals surface area contributed by atoms with Crippen LogP contribution in [0, 0.1) is 6.92 Å². The number of benzene rings is 1. The molecule has 0 fully saturated rings. The van der Waals surface area contributed by atoms with Crippen LogP contribution in [-0.2, 0) is 0 Å². The van der Waals surface area contributed by atoms with E-state index in [4.69, 9.17) is 10.5 Å². The van der Waals surface area contributed by atoms with E-state index in [1.807, 2.05) is 13.0 Å². The molecule has 0 aliphatic heterocycles. The zero-order chi connectivity index (χ0) is 15.6. The van der Waals surface area contributed by atoms with Crippen LogP contribution in [0.25, 0.3) is 11.1 Å². The molecule has 1 aromatic carbocycles. The largest absolute Gasteiger partial charge is 0.495 e. The zero-order valence-electron chi connectivity index (χ0n) is 13.3. The van der Waals surface area contributed by atoms with Crippen molar-refractivity contribution in [1.82, 2.24) is 9.88 Å². The second kappa shape index (κ2) is 6.14. The molecule has 0 aliphatic rings. The third-order valence-corrected chi connectivity index (χ3v) is 3.89. The molecule has 0 spiro atoms. The molecular weight excluding hydrogens is 262 g/mol. The molecule has 0 bridgehead atoms. The van der Waals surface area contributed by atoms with Crippen LogP contribution >= 0.6 is 0 Å². The fourth-order valence-electron chi connectivity index (χ4n) is 2.28. The first-order valence-electron chi connectivity index (χ1n) is 7.02. The van der Waals surface area contributed by atoms with E-state index in [0.29, 0.717) is 11.9 Å². The Bertz CT molecular complexity index is 621. The first-order chi connectivity index (χ1) is 9.93. The number of rotatable bonds is 4. The topological polar surface area (TPSA) is 51.4 Å². The minimum Gasteiger partial charge on any atom is -0.495 e. The number of aromatic nitrogens is 1. The summed E-state index contributed by atoms with van der Waals surface area (Å²) in [5.74, 6) is 1.28.